The lowest BCUT2D eigenvalue weighted by molar-refractivity contribution is -0.384. The van der Waals surface area contributed by atoms with Crippen molar-refractivity contribution in [1.29, 1.82) is 0 Å². The van der Waals surface area contributed by atoms with E-state index in [0.29, 0.717) is 37.3 Å². The van der Waals surface area contributed by atoms with Crippen LogP contribution in [0.15, 0.2) is 18.2 Å². The van der Waals surface area contributed by atoms with Crippen LogP contribution in [0.2, 0.25) is 0 Å². The van der Waals surface area contributed by atoms with Crippen molar-refractivity contribution in [2.24, 2.45) is 0 Å². The van der Waals surface area contributed by atoms with Crippen LogP contribution in [-0.2, 0) is 11.4 Å². The maximum absolute atomic E-state index is 11.7. The third kappa shape index (κ3) is 2.44. The Morgan fingerprint density at radius 2 is 2.19 bits per heavy atom. The van der Waals surface area contributed by atoms with E-state index < -0.39 is 4.92 Å². The van der Waals surface area contributed by atoms with Gasteiger partial charge in [-0.15, -0.1) is 0 Å². The molecule has 0 radical (unpaired) electrons. The van der Waals surface area contributed by atoms with Gasteiger partial charge in [0.1, 0.15) is 5.69 Å². The number of piperazine rings is 1. The number of nitro groups is 1. The average molecular weight is 291 g/mol. The van der Waals surface area contributed by atoms with E-state index in [1.54, 1.807) is 12.1 Å². The van der Waals surface area contributed by atoms with Crippen LogP contribution >= 0.6 is 0 Å². The van der Waals surface area contributed by atoms with E-state index in [4.69, 9.17) is 5.11 Å². The summed E-state index contributed by atoms with van der Waals surface area (Å²) in [5.74, 6) is 0.185. The van der Waals surface area contributed by atoms with Gasteiger partial charge in [0.25, 0.3) is 5.69 Å². The van der Waals surface area contributed by atoms with Gasteiger partial charge in [0.05, 0.1) is 11.5 Å². The molecule has 112 valence electrons. The van der Waals surface area contributed by atoms with E-state index in [0.717, 1.165) is 6.42 Å². The summed E-state index contributed by atoms with van der Waals surface area (Å²) in [6.07, 6.45) is 1.39. The predicted molar refractivity (Wildman–Crippen MR) is 76.0 cm³/mol. The molecule has 0 bridgehead atoms. The topological polar surface area (TPSA) is 86.9 Å². The van der Waals surface area contributed by atoms with Crippen molar-refractivity contribution < 1.29 is 14.8 Å². The molecule has 3 rings (SSSR count). The second-order valence-electron chi connectivity index (χ2n) is 5.46. The smallest absolute Gasteiger partial charge is 0.292 e. The standard InChI is InChI=1S/C14H17N3O4/c18-9-10-1-3-12(13(7-10)17(20)21)15-5-6-16-11(8-15)2-4-14(16)19/h1,3,7,11,18H,2,4-6,8-9H2. The zero-order valence-corrected chi connectivity index (χ0v) is 11.6. The number of fused-ring (bicyclic) bond motifs is 1. The number of rotatable bonds is 3. The first-order valence-corrected chi connectivity index (χ1v) is 7.02. The lowest BCUT2D eigenvalue weighted by atomic mass is 10.1. The molecule has 2 aliphatic heterocycles. The van der Waals surface area contributed by atoms with E-state index in [9.17, 15) is 14.9 Å². The van der Waals surface area contributed by atoms with Crippen LogP contribution < -0.4 is 4.90 Å². The highest BCUT2D eigenvalue weighted by Gasteiger charge is 2.36. The summed E-state index contributed by atoms with van der Waals surface area (Å²) in [5.41, 5.74) is 1.11. The minimum absolute atomic E-state index is 0.0133. The van der Waals surface area contributed by atoms with E-state index in [1.165, 1.54) is 6.07 Å². The SMILES string of the molecule is O=C1CCC2CN(c3ccc(CO)cc3[N+](=O)[O-])CCN12. The molecule has 1 aromatic rings. The largest absolute Gasteiger partial charge is 0.392 e. The predicted octanol–water partition coefficient (Wildman–Crippen LogP) is 0.898. The van der Waals surface area contributed by atoms with Crippen LogP contribution in [0.4, 0.5) is 11.4 Å². The number of nitrogens with zero attached hydrogens (tertiary/aromatic N) is 3. The third-order valence-electron chi connectivity index (χ3n) is 4.25. The summed E-state index contributed by atoms with van der Waals surface area (Å²) in [7, 11) is 0. The number of amides is 1. The number of carbonyl (C=O) groups is 1. The second-order valence-corrected chi connectivity index (χ2v) is 5.46. The first kappa shape index (κ1) is 13.8. The molecule has 7 nitrogen and oxygen atoms in total. The van der Waals surface area contributed by atoms with Gasteiger partial charge in [0.2, 0.25) is 5.91 Å². The molecule has 1 atom stereocenters. The first-order chi connectivity index (χ1) is 10.1. The fourth-order valence-electron chi connectivity index (χ4n) is 3.16. The van der Waals surface area contributed by atoms with Crippen LogP contribution in [-0.4, -0.2) is 46.5 Å². The lowest BCUT2D eigenvalue weighted by Crippen LogP contribution is -2.51. The lowest BCUT2D eigenvalue weighted by Gasteiger charge is -2.38. The van der Waals surface area contributed by atoms with Gasteiger partial charge in [-0.1, -0.05) is 6.07 Å². The molecule has 21 heavy (non-hydrogen) atoms. The zero-order chi connectivity index (χ0) is 15.0. The summed E-state index contributed by atoms with van der Waals surface area (Å²) in [6, 6.07) is 4.97. The molecule has 1 aromatic carbocycles. The molecule has 2 aliphatic rings. The average Bonchev–Trinajstić information content (AvgIpc) is 2.87. The van der Waals surface area contributed by atoms with Gasteiger partial charge in [-0.25, -0.2) is 0 Å². The summed E-state index contributed by atoms with van der Waals surface area (Å²) in [5, 5.41) is 20.4. The second kappa shape index (κ2) is 5.33. The summed E-state index contributed by atoms with van der Waals surface area (Å²) in [6.45, 7) is 1.63. The number of hydrogen-bond acceptors (Lipinski definition) is 5. The molecular weight excluding hydrogens is 274 g/mol. The van der Waals surface area contributed by atoms with E-state index >= 15 is 0 Å². The van der Waals surface area contributed by atoms with Crippen LogP contribution in [0.5, 0.6) is 0 Å². The van der Waals surface area contributed by atoms with Crippen molar-refractivity contribution in [3.05, 3.63) is 33.9 Å². The van der Waals surface area contributed by atoms with Gasteiger partial charge < -0.3 is 14.9 Å². The molecule has 0 spiro atoms. The molecule has 1 unspecified atom stereocenters. The number of aliphatic hydroxyl groups is 1. The molecule has 1 amide bonds. The van der Waals surface area contributed by atoms with Crippen LogP contribution in [0.1, 0.15) is 18.4 Å². The Kier molecular flexibility index (Phi) is 3.50. The van der Waals surface area contributed by atoms with Crippen molar-refractivity contribution in [3.8, 4) is 0 Å². The molecule has 1 N–H and O–H groups in total. The number of anilines is 1. The Morgan fingerprint density at radius 3 is 2.90 bits per heavy atom. The monoisotopic (exact) mass is 291 g/mol. The van der Waals surface area contributed by atoms with E-state index in [2.05, 4.69) is 0 Å². The number of hydrogen-bond donors (Lipinski definition) is 1. The van der Waals surface area contributed by atoms with E-state index in [1.807, 2.05) is 9.80 Å². The Labute approximate surface area is 121 Å². The highest BCUT2D eigenvalue weighted by atomic mass is 16.6. The Balaban J connectivity index is 1.87. The highest BCUT2D eigenvalue weighted by Crippen LogP contribution is 2.33. The summed E-state index contributed by atoms with van der Waals surface area (Å²) in [4.78, 5) is 26.4. The highest BCUT2D eigenvalue weighted by molar-refractivity contribution is 5.79. The molecule has 7 heteroatoms. The van der Waals surface area contributed by atoms with E-state index in [-0.39, 0.29) is 24.2 Å². The van der Waals surface area contributed by atoms with Crippen molar-refractivity contribution in [1.82, 2.24) is 4.90 Å². The normalized spacial score (nSPS) is 21.6. The number of carbonyl (C=O) groups excluding carboxylic acids is 1. The fraction of sp³-hybridized carbons (Fsp3) is 0.500. The first-order valence-electron chi connectivity index (χ1n) is 7.02. The van der Waals surface area contributed by atoms with Gasteiger partial charge in [-0.05, 0) is 18.1 Å². The number of benzene rings is 1. The van der Waals surface area contributed by atoms with Crippen LogP contribution in [0, 0.1) is 10.1 Å². The van der Waals surface area contributed by atoms with Crippen LogP contribution in [0.25, 0.3) is 0 Å². The third-order valence-corrected chi connectivity index (χ3v) is 4.25. The van der Waals surface area contributed by atoms with Crippen molar-refractivity contribution >= 4 is 17.3 Å². The molecule has 2 heterocycles. The molecule has 0 saturated carbocycles. The summed E-state index contributed by atoms with van der Waals surface area (Å²) >= 11 is 0. The van der Waals surface area contributed by atoms with Crippen molar-refractivity contribution in [3.63, 3.8) is 0 Å². The maximum atomic E-state index is 11.7. The van der Waals surface area contributed by atoms with Gasteiger partial charge >= 0.3 is 0 Å². The molecular formula is C14H17N3O4. The van der Waals surface area contributed by atoms with Gasteiger partial charge in [0.15, 0.2) is 0 Å². The van der Waals surface area contributed by atoms with Gasteiger partial charge in [0, 0.05) is 38.2 Å². The molecule has 2 fully saturated rings. The van der Waals surface area contributed by atoms with Crippen molar-refractivity contribution in [2.75, 3.05) is 24.5 Å². The Hall–Kier alpha value is -2.15. The fourth-order valence-corrected chi connectivity index (χ4v) is 3.16. The Morgan fingerprint density at radius 1 is 1.38 bits per heavy atom. The minimum Gasteiger partial charge on any atom is -0.392 e. The van der Waals surface area contributed by atoms with Gasteiger partial charge in [-0.2, -0.15) is 0 Å². The maximum Gasteiger partial charge on any atom is 0.292 e. The summed E-state index contributed by atoms with van der Waals surface area (Å²) < 4.78 is 0. The number of nitro benzene ring substituents is 1. The van der Waals surface area contributed by atoms with Crippen LogP contribution in [0.3, 0.4) is 0 Å². The number of aliphatic hydroxyl groups excluding tert-OH is 1. The van der Waals surface area contributed by atoms with Crippen molar-refractivity contribution in [2.45, 2.75) is 25.5 Å². The Bertz CT molecular complexity index is 590. The molecule has 2 saturated heterocycles. The van der Waals surface area contributed by atoms with Gasteiger partial charge in [-0.3, -0.25) is 14.9 Å². The minimum atomic E-state index is -0.416. The molecule has 0 aliphatic carbocycles. The zero-order valence-electron chi connectivity index (χ0n) is 11.6. The quantitative estimate of drug-likeness (QED) is 0.660. The molecule has 0 aromatic heterocycles.